The maximum absolute atomic E-state index is 12.4. The smallest absolute Gasteiger partial charge is 0.406 e. The number of alkyl halides is 3. The van der Waals surface area contributed by atoms with Gasteiger partial charge in [-0.15, -0.1) is 13.2 Å². The minimum Gasteiger partial charge on any atom is -0.406 e. The van der Waals surface area contributed by atoms with Gasteiger partial charge in [-0.25, -0.2) is 0 Å². The van der Waals surface area contributed by atoms with Gasteiger partial charge in [0.15, 0.2) is 0 Å². The lowest BCUT2D eigenvalue weighted by Gasteiger charge is -2.20. The van der Waals surface area contributed by atoms with Crippen molar-refractivity contribution in [3.8, 4) is 5.75 Å². The predicted octanol–water partition coefficient (Wildman–Crippen LogP) is 3.28. The summed E-state index contributed by atoms with van der Waals surface area (Å²) in [5.74, 6) is -0.581. The molecule has 0 saturated carbocycles. The summed E-state index contributed by atoms with van der Waals surface area (Å²) in [6.45, 7) is 5.96. The monoisotopic (exact) mass is 355 g/mol. The zero-order valence-electron chi connectivity index (χ0n) is 14.0. The van der Waals surface area contributed by atoms with Crippen LogP contribution < -0.4 is 10.1 Å². The van der Waals surface area contributed by atoms with Crippen molar-refractivity contribution >= 4 is 16.8 Å². The first-order valence-electron chi connectivity index (χ1n) is 8.15. The summed E-state index contributed by atoms with van der Waals surface area (Å²) in [6, 6.07) is 6.07. The normalized spacial score (nSPS) is 18.9. The van der Waals surface area contributed by atoms with Gasteiger partial charge in [0.05, 0.1) is 0 Å². The van der Waals surface area contributed by atoms with E-state index in [0.717, 1.165) is 19.5 Å². The van der Waals surface area contributed by atoms with Crippen molar-refractivity contribution in [2.45, 2.75) is 38.7 Å². The van der Waals surface area contributed by atoms with Gasteiger partial charge in [0, 0.05) is 42.1 Å². The van der Waals surface area contributed by atoms with Crippen LogP contribution in [0.1, 0.15) is 30.8 Å². The van der Waals surface area contributed by atoms with Gasteiger partial charge in [-0.05, 0) is 38.5 Å². The molecule has 25 heavy (non-hydrogen) atoms. The fraction of sp³-hybridized carbons (Fsp3) is 0.471. The molecule has 8 heteroatoms. The molecule has 1 fully saturated rings. The van der Waals surface area contributed by atoms with E-state index in [-0.39, 0.29) is 17.7 Å². The predicted molar refractivity (Wildman–Crippen MR) is 87.6 cm³/mol. The molecule has 136 valence electrons. The quantitative estimate of drug-likeness (QED) is 0.885. The van der Waals surface area contributed by atoms with Crippen LogP contribution in [0.3, 0.4) is 0 Å². The Bertz CT molecular complexity index is 770. The lowest BCUT2D eigenvalue weighted by atomic mass is 10.2. The number of nitrogens with zero attached hydrogens (tertiary/aromatic N) is 1. The van der Waals surface area contributed by atoms with E-state index in [4.69, 9.17) is 0 Å². The number of hydrogen-bond donors (Lipinski definition) is 2. The van der Waals surface area contributed by atoms with Crippen LogP contribution in [0.25, 0.3) is 10.9 Å². The number of H-pyrrole nitrogens is 1. The van der Waals surface area contributed by atoms with E-state index in [9.17, 15) is 18.0 Å². The van der Waals surface area contributed by atoms with Crippen molar-refractivity contribution in [1.29, 1.82) is 0 Å². The van der Waals surface area contributed by atoms with Gasteiger partial charge in [-0.1, -0.05) is 0 Å². The fourth-order valence-electron chi connectivity index (χ4n) is 3.06. The van der Waals surface area contributed by atoms with Crippen molar-refractivity contribution in [2.24, 2.45) is 0 Å². The first-order chi connectivity index (χ1) is 11.7. The van der Waals surface area contributed by atoms with Crippen molar-refractivity contribution in [3.05, 3.63) is 30.0 Å². The van der Waals surface area contributed by atoms with E-state index in [2.05, 4.69) is 33.8 Å². The molecular formula is C17H20F3N3O2. The Morgan fingerprint density at radius 3 is 2.76 bits per heavy atom. The number of rotatable bonds is 4. The molecule has 2 heterocycles. The highest BCUT2D eigenvalue weighted by atomic mass is 19.4. The average molecular weight is 355 g/mol. The highest BCUT2D eigenvalue weighted by molar-refractivity contribution is 5.98. The van der Waals surface area contributed by atoms with E-state index in [1.807, 2.05) is 0 Å². The van der Waals surface area contributed by atoms with E-state index in [1.54, 1.807) is 6.07 Å². The highest BCUT2D eigenvalue weighted by Crippen LogP contribution is 2.26. The van der Waals surface area contributed by atoms with E-state index in [1.165, 1.54) is 18.2 Å². The summed E-state index contributed by atoms with van der Waals surface area (Å²) in [7, 11) is 0. The molecule has 1 atom stereocenters. The van der Waals surface area contributed by atoms with Gasteiger partial charge in [0.1, 0.15) is 11.4 Å². The number of aromatic nitrogens is 1. The fourth-order valence-corrected chi connectivity index (χ4v) is 3.06. The van der Waals surface area contributed by atoms with E-state index < -0.39 is 6.36 Å². The molecule has 3 rings (SSSR count). The number of carbonyl (C=O) groups is 1. The molecule has 0 aliphatic carbocycles. The van der Waals surface area contributed by atoms with Gasteiger partial charge in [0.2, 0.25) is 0 Å². The largest absolute Gasteiger partial charge is 0.573 e. The minimum atomic E-state index is -4.74. The Labute approximate surface area is 143 Å². The maximum atomic E-state index is 12.4. The highest BCUT2D eigenvalue weighted by Gasteiger charge is 2.31. The molecular weight excluding hydrogens is 335 g/mol. The van der Waals surface area contributed by atoms with Gasteiger partial charge in [-0.2, -0.15) is 0 Å². The molecule has 1 aromatic carbocycles. The van der Waals surface area contributed by atoms with Crippen molar-refractivity contribution in [3.63, 3.8) is 0 Å². The second kappa shape index (κ2) is 6.59. The average Bonchev–Trinajstić information content (AvgIpc) is 3.11. The Morgan fingerprint density at radius 1 is 1.36 bits per heavy atom. The third-order valence-corrected chi connectivity index (χ3v) is 4.36. The number of hydrogen-bond acceptors (Lipinski definition) is 3. The van der Waals surface area contributed by atoms with Crippen LogP contribution in [0.15, 0.2) is 24.3 Å². The van der Waals surface area contributed by atoms with Crippen LogP contribution in [-0.2, 0) is 0 Å². The molecule has 0 bridgehead atoms. The summed E-state index contributed by atoms with van der Waals surface area (Å²) in [5, 5.41) is 3.62. The molecule has 1 amide bonds. The van der Waals surface area contributed by atoms with Crippen LogP contribution in [0.2, 0.25) is 0 Å². The first kappa shape index (κ1) is 17.6. The lowest BCUT2D eigenvalue weighted by Crippen LogP contribution is -2.38. The first-order valence-corrected chi connectivity index (χ1v) is 8.15. The van der Waals surface area contributed by atoms with Gasteiger partial charge >= 0.3 is 6.36 Å². The number of nitrogens with one attached hydrogen (secondary N) is 2. The van der Waals surface area contributed by atoms with Crippen LogP contribution in [-0.4, -0.2) is 47.3 Å². The number of amides is 1. The number of carbonyl (C=O) groups excluding carboxylic acids is 1. The second-order valence-corrected chi connectivity index (χ2v) is 6.53. The number of halogens is 3. The third-order valence-electron chi connectivity index (χ3n) is 4.36. The second-order valence-electron chi connectivity index (χ2n) is 6.53. The van der Waals surface area contributed by atoms with Crippen molar-refractivity contribution in [1.82, 2.24) is 15.2 Å². The Hall–Kier alpha value is -2.22. The standard InChI is InChI=1S/C17H20F3N3O2/c1-10(2)23-6-5-12(9-23)21-16(24)15-7-11-3-4-13(8-14(11)22-15)25-17(18,19)20/h3-4,7-8,10,12,22H,5-6,9H2,1-2H3,(H,21,24). The molecule has 1 aliphatic rings. The molecule has 0 spiro atoms. The number of likely N-dealkylation sites (tertiary alicyclic amines) is 1. The molecule has 2 aromatic rings. The topological polar surface area (TPSA) is 57.4 Å². The number of fused-ring (bicyclic) bond motifs is 1. The molecule has 1 aliphatic heterocycles. The minimum absolute atomic E-state index is 0.0745. The van der Waals surface area contributed by atoms with E-state index in [0.29, 0.717) is 22.6 Å². The number of aromatic amines is 1. The third kappa shape index (κ3) is 4.25. The molecule has 5 nitrogen and oxygen atoms in total. The van der Waals surface area contributed by atoms with Crippen molar-refractivity contribution in [2.75, 3.05) is 13.1 Å². The lowest BCUT2D eigenvalue weighted by molar-refractivity contribution is -0.274. The zero-order chi connectivity index (χ0) is 18.2. The Morgan fingerprint density at radius 2 is 2.12 bits per heavy atom. The van der Waals surface area contributed by atoms with Crippen LogP contribution in [0.4, 0.5) is 13.2 Å². The summed E-state index contributed by atoms with van der Waals surface area (Å²) in [4.78, 5) is 17.5. The van der Waals surface area contributed by atoms with Gasteiger partial charge in [-0.3, -0.25) is 9.69 Å². The molecule has 1 saturated heterocycles. The van der Waals surface area contributed by atoms with Crippen LogP contribution >= 0.6 is 0 Å². The summed E-state index contributed by atoms with van der Waals surface area (Å²) >= 11 is 0. The Kier molecular flexibility index (Phi) is 4.64. The van der Waals surface area contributed by atoms with Crippen molar-refractivity contribution < 1.29 is 22.7 Å². The Balaban J connectivity index is 1.70. The van der Waals surface area contributed by atoms with Crippen LogP contribution in [0, 0.1) is 0 Å². The SMILES string of the molecule is CC(C)N1CCC(NC(=O)c2cc3ccc(OC(F)(F)F)cc3[nH]2)C1. The molecule has 1 unspecified atom stereocenters. The molecule has 1 aromatic heterocycles. The number of ether oxygens (including phenoxy) is 1. The van der Waals surface area contributed by atoms with Gasteiger partial charge < -0.3 is 15.0 Å². The zero-order valence-corrected chi connectivity index (χ0v) is 14.0. The van der Waals surface area contributed by atoms with E-state index >= 15 is 0 Å². The summed E-state index contributed by atoms with van der Waals surface area (Å²) in [5.41, 5.74) is 0.740. The van der Waals surface area contributed by atoms with Gasteiger partial charge in [0.25, 0.3) is 5.91 Å². The summed E-state index contributed by atoms with van der Waals surface area (Å²) in [6.07, 6.45) is -3.86. The van der Waals surface area contributed by atoms with Crippen LogP contribution in [0.5, 0.6) is 5.75 Å². The summed E-state index contributed by atoms with van der Waals surface area (Å²) < 4.78 is 40.8. The number of benzene rings is 1. The molecule has 0 radical (unpaired) electrons. The maximum Gasteiger partial charge on any atom is 0.573 e. The molecule has 2 N–H and O–H groups in total.